The number of β-amino-alcohol motifs (C(OH)–C–C–N with tert-alkyl or cyclic N) is 1. The summed E-state index contributed by atoms with van der Waals surface area (Å²) in [5.41, 5.74) is -0.555. The van der Waals surface area contributed by atoms with Crippen LogP contribution in [0.2, 0.25) is 0 Å². The van der Waals surface area contributed by atoms with Crippen LogP contribution in [0.15, 0.2) is 0 Å². The molecule has 0 aromatic heterocycles. The van der Waals surface area contributed by atoms with E-state index in [4.69, 9.17) is 4.74 Å². The van der Waals surface area contributed by atoms with E-state index in [1.165, 1.54) is 0 Å². The van der Waals surface area contributed by atoms with Crippen molar-refractivity contribution in [1.29, 1.82) is 0 Å². The fraction of sp³-hybridized carbons (Fsp3) is 0.929. The Morgan fingerprint density at radius 3 is 2.42 bits per heavy atom. The lowest BCUT2D eigenvalue weighted by atomic mass is 9.89. The van der Waals surface area contributed by atoms with Gasteiger partial charge in [-0.2, -0.15) is 0 Å². The molecule has 0 saturated carbocycles. The van der Waals surface area contributed by atoms with Crippen LogP contribution in [0, 0.1) is 0 Å². The highest BCUT2D eigenvalue weighted by Crippen LogP contribution is 2.25. The van der Waals surface area contributed by atoms with Crippen LogP contribution in [-0.4, -0.2) is 71.3 Å². The van der Waals surface area contributed by atoms with Crippen LogP contribution >= 0.6 is 0 Å². The van der Waals surface area contributed by atoms with Gasteiger partial charge < -0.3 is 14.7 Å². The van der Waals surface area contributed by atoms with Crippen molar-refractivity contribution in [3.8, 4) is 0 Å². The van der Waals surface area contributed by atoms with Gasteiger partial charge in [-0.25, -0.2) is 0 Å². The van der Waals surface area contributed by atoms with E-state index in [1.54, 1.807) is 0 Å². The Balaban J connectivity index is 1.76. The molecule has 5 heteroatoms. The van der Waals surface area contributed by atoms with Gasteiger partial charge in [-0.15, -0.1) is 0 Å². The highest BCUT2D eigenvalue weighted by Gasteiger charge is 2.41. The lowest BCUT2D eigenvalue weighted by Crippen LogP contribution is -2.64. The molecule has 110 valence electrons. The Bertz CT molecular complexity index is 319. The van der Waals surface area contributed by atoms with E-state index >= 15 is 0 Å². The fourth-order valence-electron chi connectivity index (χ4n) is 3.19. The minimum atomic E-state index is -0.555. The number of carbonyl (C=O) groups is 1. The van der Waals surface area contributed by atoms with Crippen molar-refractivity contribution >= 4 is 5.91 Å². The summed E-state index contributed by atoms with van der Waals surface area (Å²) in [6.45, 7) is 9.10. The van der Waals surface area contributed by atoms with Crippen molar-refractivity contribution in [3.63, 3.8) is 0 Å². The summed E-state index contributed by atoms with van der Waals surface area (Å²) in [7, 11) is 0. The zero-order valence-corrected chi connectivity index (χ0v) is 12.3. The maximum Gasteiger partial charge on any atom is 0.236 e. The first-order valence-corrected chi connectivity index (χ1v) is 7.30. The Hall–Kier alpha value is -0.650. The molecule has 0 aromatic rings. The van der Waals surface area contributed by atoms with Crippen LogP contribution in [0.1, 0.15) is 33.6 Å². The molecule has 2 saturated heterocycles. The average molecular weight is 270 g/mol. The normalized spacial score (nSPS) is 31.1. The number of hydrogen-bond donors (Lipinski definition) is 1. The molecule has 2 atom stereocenters. The van der Waals surface area contributed by atoms with Gasteiger partial charge in [0.2, 0.25) is 5.91 Å². The third-order valence-corrected chi connectivity index (χ3v) is 3.88. The van der Waals surface area contributed by atoms with Gasteiger partial charge in [0.05, 0.1) is 24.4 Å². The SMILES string of the molecule is CCCC1(O)CN(CC(=O)N2CC(C)OC(C)C2)C1. The Kier molecular flexibility index (Phi) is 4.48. The van der Waals surface area contributed by atoms with Crippen molar-refractivity contribution in [1.82, 2.24) is 9.80 Å². The Morgan fingerprint density at radius 1 is 1.32 bits per heavy atom. The number of amides is 1. The summed E-state index contributed by atoms with van der Waals surface area (Å²) in [5.74, 6) is 0.153. The molecule has 19 heavy (non-hydrogen) atoms. The minimum absolute atomic E-state index is 0.112. The Labute approximate surface area is 115 Å². The lowest BCUT2D eigenvalue weighted by molar-refractivity contribution is -0.152. The maximum absolute atomic E-state index is 12.2. The number of likely N-dealkylation sites (tertiary alicyclic amines) is 1. The number of morpholine rings is 1. The minimum Gasteiger partial charge on any atom is -0.387 e. The molecule has 0 aromatic carbocycles. The fourth-order valence-corrected chi connectivity index (χ4v) is 3.19. The van der Waals surface area contributed by atoms with E-state index in [-0.39, 0.29) is 18.1 Å². The third kappa shape index (κ3) is 3.68. The quantitative estimate of drug-likeness (QED) is 0.807. The van der Waals surface area contributed by atoms with Crippen molar-refractivity contribution in [2.75, 3.05) is 32.7 Å². The monoisotopic (exact) mass is 270 g/mol. The standard InChI is InChI=1S/C14H26N2O3/c1-4-5-14(18)9-15(10-14)8-13(17)16-6-11(2)19-12(3)7-16/h11-12,18H,4-10H2,1-3H3. The van der Waals surface area contributed by atoms with Crippen molar-refractivity contribution in [3.05, 3.63) is 0 Å². The van der Waals surface area contributed by atoms with Gasteiger partial charge in [-0.05, 0) is 20.3 Å². The summed E-state index contributed by atoms with van der Waals surface area (Å²) in [5, 5.41) is 10.1. The molecule has 2 fully saturated rings. The number of ether oxygens (including phenoxy) is 1. The smallest absolute Gasteiger partial charge is 0.236 e. The number of rotatable bonds is 4. The predicted molar refractivity (Wildman–Crippen MR) is 72.9 cm³/mol. The van der Waals surface area contributed by atoms with Gasteiger partial charge in [0.1, 0.15) is 0 Å². The lowest BCUT2D eigenvalue weighted by Gasteiger charge is -2.47. The van der Waals surface area contributed by atoms with Crippen LogP contribution in [-0.2, 0) is 9.53 Å². The molecule has 2 heterocycles. The molecule has 5 nitrogen and oxygen atoms in total. The van der Waals surface area contributed by atoms with Gasteiger partial charge >= 0.3 is 0 Å². The maximum atomic E-state index is 12.2. The molecule has 2 aliphatic heterocycles. The second-order valence-electron chi connectivity index (χ2n) is 6.18. The molecular weight excluding hydrogens is 244 g/mol. The second-order valence-corrected chi connectivity index (χ2v) is 6.18. The number of hydrogen-bond acceptors (Lipinski definition) is 4. The molecule has 2 rings (SSSR count). The van der Waals surface area contributed by atoms with E-state index < -0.39 is 5.60 Å². The molecule has 2 unspecified atom stereocenters. The van der Waals surface area contributed by atoms with Crippen LogP contribution in [0.5, 0.6) is 0 Å². The van der Waals surface area contributed by atoms with Gasteiger partial charge in [-0.3, -0.25) is 9.69 Å². The number of carbonyl (C=O) groups excluding carboxylic acids is 1. The topological polar surface area (TPSA) is 53.0 Å². The first kappa shape index (κ1) is 14.8. The largest absolute Gasteiger partial charge is 0.387 e. The Morgan fingerprint density at radius 2 is 1.89 bits per heavy atom. The average Bonchev–Trinajstić information content (AvgIpc) is 2.25. The van der Waals surface area contributed by atoms with E-state index in [0.717, 1.165) is 12.8 Å². The number of nitrogens with zero attached hydrogens (tertiary/aromatic N) is 2. The molecule has 0 spiro atoms. The summed E-state index contributed by atoms with van der Waals surface area (Å²) in [6.07, 6.45) is 2.03. The number of aliphatic hydroxyl groups is 1. The zero-order chi connectivity index (χ0) is 14.0. The van der Waals surface area contributed by atoms with Crippen molar-refractivity contribution < 1.29 is 14.6 Å². The first-order valence-electron chi connectivity index (χ1n) is 7.30. The second kappa shape index (κ2) is 5.77. The molecule has 0 aliphatic carbocycles. The summed E-state index contributed by atoms with van der Waals surface area (Å²) in [4.78, 5) is 16.1. The van der Waals surface area contributed by atoms with Gasteiger partial charge in [0, 0.05) is 26.2 Å². The van der Waals surface area contributed by atoms with E-state index in [0.29, 0.717) is 32.7 Å². The summed E-state index contributed by atoms with van der Waals surface area (Å²) in [6, 6.07) is 0. The summed E-state index contributed by atoms with van der Waals surface area (Å²) < 4.78 is 5.63. The van der Waals surface area contributed by atoms with Crippen molar-refractivity contribution in [2.24, 2.45) is 0 Å². The van der Waals surface area contributed by atoms with Crippen LogP contribution in [0.25, 0.3) is 0 Å². The molecule has 2 aliphatic rings. The first-order chi connectivity index (χ1) is 8.92. The van der Waals surface area contributed by atoms with E-state index in [1.807, 2.05) is 23.6 Å². The predicted octanol–water partition coefficient (Wildman–Crippen LogP) is 0.469. The zero-order valence-electron chi connectivity index (χ0n) is 12.3. The molecule has 0 bridgehead atoms. The molecule has 0 radical (unpaired) electrons. The third-order valence-electron chi connectivity index (χ3n) is 3.88. The van der Waals surface area contributed by atoms with Gasteiger partial charge in [0.25, 0.3) is 0 Å². The van der Waals surface area contributed by atoms with Crippen LogP contribution in [0.3, 0.4) is 0 Å². The highest BCUT2D eigenvalue weighted by molar-refractivity contribution is 5.78. The summed E-state index contributed by atoms with van der Waals surface area (Å²) >= 11 is 0. The van der Waals surface area contributed by atoms with Crippen LogP contribution < -0.4 is 0 Å². The van der Waals surface area contributed by atoms with Gasteiger partial charge in [-0.1, -0.05) is 13.3 Å². The molecular formula is C14H26N2O3. The van der Waals surface area contributed by atoms with Crippen molar-refractivity contribution in [2.45, 2.75) is 51.4 Å². The molecule has 1 amide bonds. The molecule has 1 N–H and O–H groups in total. The highest BCUT2D eigenvalue weighted by atomic mass is 16.5. The van der Waals surface area contributed by atoms with E-state index in [2.05, 4.69) is 6.92 Å². The van der Waals surface area contributed by atoms with Gasteiger partial charge in [0.15, 0.2) is 0 Å². The van der Waals surface area contributed by atoms with Crippen LogP contribution in [0.4, 0.5) is 0 Å². The van der Waals surface area contributed by atoms with E-state index in [9.17, 15) is 9.90 Å².